The molecule has 1 heterocycles. The Balaban J connectivity index is 2.29. The molecule has 76 valence electrons. The second-order valence-corrected chi connectivity index (χ2v) is 6.16. The third-order valence-electron chi connectivity index (χ3n) is 2.00. The zero-order valence-electron chi connectivity index (χ0n) is 8.17. The predicted octanol–water partition coefficient (Wildman–Crippen LogP) is 2.53. The van der Waals surface area contributed by atoms with Crippen LogP contribution in [0.5, 0.6) is 0 Å². The van der Waals surface area contributed by atoms with Gasteiger partial charge in [-0.05, 0) is 13.3 Å². The van der Waals surface area contributed by atoms with Crippen LogP contribution in [0.4, 0.5) is 0 Å². The van der Waals surface area contributed by atoms with Gasteiger partial charge in [-0.15, -0.1) is 23.5 Å². The largest absolute Gasteiger partial charge is 0.465 e. The van der Waals surface area contributed by atoms with Crippen LogP contribution in [0.1, 0.15) is 26.7 Å². The van der Waals surface area contributed by atoms with E-state index >= 15 is 0 Å². The quantitative estimate of drug-likeness (QED) is 0.537. The van der Waals surface area contributed by atoms with Crippen molar-refractivity contribution in [2.24, 2.45) is 0 Å². The number of thioether (sulfide) groups is 2. The van der Waals surface area contributed by atoms with E-state index in [0.717, 1.165) is 23.7 Å². The lowest BCUT2D eigenvalue weighted by Gasteiger charge is -2.19. The zero-order valence-corrected chi connectivity index (χ0v) is 9.80. The molecule has 0 aromatic heterocycles. The second-order valence-electron chi connectivity index (χ2n) is 3.33. The Morgan fingerprint density at radius 2 is 2.38 bits per heavy atom. The van der Waals surface area contributed by atoms with Crippen LogP contribution in [0, 0.1) is 0 Å². The van der Waals surface area contributed by atoms with E-state index in [1.54, 1.807) is 11.8 Å². The Kier molecular flexibility index (Phi) is 4.46. The van der Waals surface area contributed by atoms with Crippen molar-refractivity contribution < 1.29 is 9.53 Å². The number of unbranched alkanes of at least 4 members (excludes halogenated alkanes) is 1. The first-order chi connectivity index (χ1) is 6.19. The fourth-order valence-corrected chi connectivity index (χ4v) is 4.00. The minimum Gasteiger partial charge on any atom is -0.465 e. The van der Waals surface area contributed by atoms with Crippen molar-refractivity contribution >= 4 is 29.5 Å². The molecular formula is C9H16O2S2. The summed E-state index contributed by atoms with van der Waals surface area (Å²) in [5.41, 5.74) is 0. The van der Waals surface area contributed by atoms with Crippen LogP contribution >= 0.6 is 23.5 Å². The van der Waals surface area contributed by atoms with Gasteiger partial charge in [0.05, 0.1) is 6.61 Å². The molecule has 0 saturated carbocycles. The Labute approximate surface area is 88.2 Å². The molecule has 0 spiro atoms. The third-order valence-corrected chi connectivity index (χ3v) is 5.05. The first kappa shape index (κ1) is 11.2. The molecule has 1 fully saturated rings. The number of hydrogen-bond acceptors (Lipinski definition) is 4. The predicted molar refractivity (Wildman–Crippen MR) is 59.2 cm³/mol. The lowest BCUT2D eigenvalue weighted by Crippen LogP contribution is -2.33. The van der Waals surface area contributed by atoms with Gasteiger partial charge in [0, 0.05) is 10.8 Å². The van der Waals surface area contributed by atoms with Crippen molar-refractivity contribution in [2.75, 3.05) is 17.4 Å². The highest BCUT2D eigenvalue weighted by Crippen LogP contribution is 2.40. The SMILES string of the molecule is CCCCOC(=O)C1(C)CSCS1. The lowest BCUT2D eigenvalue weighted by atomic mass is 10.2. The number of rotatable bonds is 4. The topological polar surface area (TPSA) is 26.3 Å². The van der Waals surface area contributed by atoms with Gasteiger partial charge in [0.2, 0.25) is 0 Å². The van der Waals surface area contributed by atoms with E-state index in [-0.39, 0.29) is 10.7 Å². The number of esters is 1. The average molecular weight is 220 g/mol. The molecule has 4 heteroatoms. The van der Waals surface area contributed by atoms with Crippen LogP contribution in [0.15, 0.2) is 0 Å². The highest BCUT2D eigenvalue weighted by atomic mass is 32.2. The first-order valence-corrected chi connectivity index (χ1v) is 6.72. The Bertz CT molecular complexity index is 176. The van der Waals surface area contributed by atoms with Gasteiger partial charge in [-0.1, -0.05) is 13.3 Å². The highest BCUT2D eigenvalue weighted by molar-refractivity contribution is 8.20. The van der Waals surface area contributed by atoms with Crippen molar-refractivity contribution in [1.82, 2.24) is 0 Å². The molecule has 1 saturated heterocycles. The van der Waals surface area contributed by atoms with Crippen molar-refractivity contribution in [3.63, 3.8) is 0 Å². The molecule has 0 amide bonds. The lowest BCUT2D eigenvalue weighted by molar-refractivity contribution is -0.145. The van der Waals surface area contributed by atoms with Gasteiger partial charge in [0.25, 0.3) is 0 Å². The van der Waals surface area contributed by atoms with Gasteiger partial charge < -0.3 is 4.74 Å². The highest BCUT2D eigenvalue weighted by Gasteiger charge is 2.39. The summed E-state index contributed by atoms with van der Waals surface area (Å²) in [6.07, 6.45) is 2.05. The van der Waals surface area contributed by atoms with Gasteiger partial charge in [0.15, 0.2) is 0 Å². The van der Waals surface area contributed by atoms with E-state index < -0.39 is 0 Å². The summed E-state index contributed by atoms with van der Waals surface area (Å²) in [4.78, 5) is 11.6. The minimum atomic E-state index is -0.279. The molecule has 1 atom stereocenters. The zero-order chi connectivity index (χ0) is 9.73. The maximum atomic E-state index is 11.6. The van der Waals surface area contributed by atoms with Crippen molar-refractivity contribution in [1.29, 1.82) is 0 Å². The molecule has 0 N–H and O–H groups in total. The van der Waals surface area contributed by atoms with E-state index in [0.29, 0.717) is 6.61 Å². The van der Waals surface area contributed by atoms with Gasteiger partial charge in [-0.3, -0.25) is 4.79 Å². The normalized spacial score (nSPS) is 27.5. The van der Waals surface area contributed by atoms with Crippen LogP contribution < -0.4 is 0 Å². The number of ether oxygens (including phenoxy) is 1. The summed E-state index contributed by atoms with van der Waals surface area (Å²) in [7, 11) is 0. The number of carbonyl (C=O) groups is 1. The third kappa shape index (κ3) is 3.09. The Morgan fingerprint density at radius 1 is 1.62 bits per heavy atom. The summed E-state index contributed by atoms with van der Waals surface area (Å²) in [6.45, 7) is 4.65. The van der Waals surface area contributed by atoms with Crippen molar-refractivity contribution in [3.05, 3.63) is 0 Å². The number of carbonyl (C=O) groups excluding carboxylic acids is 1. The molecular weight excluding hydrogens is 204 g/mol. The van der Waals surface area contributed by atoms with Gasteiger partial charge in [0.1, 0.15) is 4.75 Å². The summed E-state index contributed by atoms with van der Waals surface area (Å²) in [6, 6.07) is 0. The molecule has 0 bridgehead atoms. The van der Waals surface area contributed by atoms with Crippen molar-refractivity contribution in [2.45, 2.75) is 31.4 Å². The smallest absolute Gasteiger partial charge is 0.322 e. The van der Waals surface area contributed by atoms with Crippen LogP contribution in [0.25, 0.3) is 0 Å². The molecule has 0 radical (unpaired) electrons. The summed E-state index contributed by atoms with van der Waals surface area (Å²) in [5.74, 6) is 0.860. The first-order valence-electron chi connectivity index (χ1n) is 4.58. The molecule has 2 nitrogen and oxygen atoms in total. The minimum absolute atomic E-state index is 0.0315. The molecule has 13 heavy (non-hydrogen) atoms. The molecule has 0 aliphatic carbocycles. The Morgan fingerprint density at radius 3 is 2.92 bits per heavy atom. The number of hydrogen-bond donors (Lipinski definition) is 0. The van der Waals surface area contributed by atoms with Gasteiger partial charge >= 0.3 is 5.97 Å². The Hall–Kier alpha value is 0.170. The van der Waals surface area contributed by atoms with E-state index in [1.807, 2.05) is 18.7 Å². The van der Waals surface area contributed by atoms with Gasteiger partial charge in [-0.2, -0.15) is 0 Å². The molecule has 1 aliphatic rings. The van der Waals surface area contributed by atoms with E-state index in [1.165, 1.54) is 0 Å². The summed E-state index contributed by atoms with van der Waals surface area (Å²) < 4.78 is 4.92. The fourth-order valence-electron chi connectivity index (χ4n) is 1.03. The maximum absolute atomic E-state index is 11.6. The van der Waals surface area contributed by atoms with Crippen LogP contribution in [0.3, 0.4) is 0 Å². The monoisotopic (exact) mass is 220 g/mol. The van der Waals surface area contributed by atoms with E-state index in [4.69, 9.17) is 4.74 Å². The summed E-state index contributed by atoms with van der Waals surface area (Å²) >= 11 is 3.51. The molecule has 1 aliphatic heterocycles. The second kappa shape index (κ2) is 5.15. The molecule has 0 aromatic rings. The van der Waals surface area contributed by atoms with Crippen LogP contribution in [-0.4, -0.2) is 28.2 Å². The maximum Gasteiger partial charge on any atom is 0.322 e. The standard InChI is InChI=1S/C9H16O2S2/c1-3-4-5-11-8(10)9(2)6-12-7-13-9/h3-7H2,1-2H3. The van der Waals surface area contributed by atoms with E-state index in [9.17, 15) is 4.79 Å². The average Bonchev–Trinajstić information content (AvgIpc) is 2.54. The molecule has 0 aromatic carbocycles. The van der Waals surface area contributed by atoms with E-state index in [2.05, 4.69) is 6.92 Å². The molecule has 1 unspecified atom stereocenters. The molecule has 1 rings (SSSR count). The fraction of sp³-hybridized carbons (Fsp3) is 0.889. The van der Waals surface area contributed by atoms with Crippen LogP contribution in [-0.2, 0) is 9.53 Å². The van der Waals surface area contributed by atoms with Crippen LogP contribution in [0.2, 0.25) is 0 Å². The van der Waals surface area contributed by atoms with Gasteiger partial charge in [-0.25, -0.2) is 0 Å². The van der Waals surface area contributed by atoms with Crippen molar-refractivity contribution in [3.8, 4) is 0 Å². The summed E-state index contributed by atoms with van der Waals surface area (Å²) in [5, 5.41) is 1.01.